The molecule has 0 aromatic rings. The average molecular weight is 349 g/mol. The standard InChI is InChI=1S/C14H27N3O5S/c1-4-8(2)11(15)13(20)16-9(5-6-23-3)12(19)17-10(7-18)14(21)22/h8-11,18H,4-7,15H2,1-3H3,(H,16,20)(H,17,19)(H,21,22). The fraction of sp³-hybridized carbons (Fsp3) is 0.786. The van der Waals surface area contributed by atoms with Crippen molar-refractivity contribution < 1.29 is 24.6 Å². The molecule has 0 spiro atoms. The quantitative estimate of drug-likeness (QED) is 0.327. The van der Waals surface area contributed by atoms with Gasteiger partial charge in [-0.3, -0.25) is 9.59 Å². The van der Waals surface area contributed by atoms with Gasteiger partial charge in [0.2, 0.25) is 11.8 Å². The Hall–Kier alpha value is -1.32. The number of thioether (sulfide) groups is 1. The normalized spacial score (nSPS) is 16.0. The minimum Gasteiger partial charge on any atom is -0.480 e. The highest BCUT2D eigenvalue weighted by Gasteiger charge is 2.28. The summed E-state index contributed by atoms with van der Waals surface area (Å²) in [4.78, 5) is 35.2. The number of aliphatic hydroxyl groups is 1. The minimum atomic E-state index is -1.40. The van der Waals surface area contributed by atoms with Gasteiger partial charge in [0.15, 0.2) is 0 Å². The van der Waals surface area contributed by atoms with E-state index < -0.39 is 42.5 Å². The molecule has 134 valence electrons. The van der Waals surface area contributed by atoms with Crippen LogP contribution in [0.25, 0.3) is 0 Å². The van der Waals surface area contributed by atoms with Gasteiger partial charge in [-0.2, -0.15) is 11.8 Å². The van der Waals surface area contributed by atoms with E-state index in [0.717, 1.165) is 6.42 Å². The molecule has 0 bridgehead atoms. The average Bonchev–Trinajstić information content (AvgIpc) is 2.53. The number of nitrogens with two attached hydrogens (primary N) is 1. The van der Waals surface area contributed by atoms with Crippen LogP contribution < -0.4 is 16.4 Å². The summed E-state index contributed by atoms with van der Waals surface area (Å²) in [7, 11) is 0. The first-order valence-electron chi connectivity index (χ1n) is 7.47. The molecule has 0 aromatic carbocycles. The molecule has 0 fully saturated rings. The molecule has 0 radical (unpaired) electrons. The Labute approximate surface area is 140 Å². The lowest BCUT2D eigenvalue weighted by Crippen LogP contribution is -2.56. The second-order valence-corrected chi connectivity index (χ2v) is 6.32. The summed E-state index contributed by atoms with van der Waals surface area (Å²) in [5.41, 5.74) is 5.84. The topological polar surface area (TPSA) is 142 Å². The van der Waals surface area contributed by atoms with E-state index >= 15 is 0 Å². The first kappa shape index (κ1) is 21.7. The molecule has 2 amide bonds. The van der Waals surface area contributed by atoms with Crippen molar-refractivity contribution in [3.63, 3.8) is 0 Å². The zero-order valence-electron chi connectivity index (χ0n) is 13.7. The molecule has 23 heavy (non-hydrogen) atoms. The van der Waals surface area contributed by atoms with Gasteiger partial charge in [0, 0.05) is 0 Å². The number of hydrogen-bond donors (Lipinski definition) is 5. The van der Waals surface area contributed by atoms with Crippen molar-refractivity contribution in [3.05, 3.63) is 0 Å². The Balaban J connectivity index is 4.88. The van der Waals surface area contributed by atoms with Crippen molar-refractivity contribution in [3.8, 4) is 0 Å². The lowest BCUT2D eigenvalue weighted by molar-refractivity contribution is -0.143. The Morgan fingerprint density at radius 1 is 1.17 bits per heavy atom. The monoisotopic (exact) mass is 349 g/mol. The van der Waals surface area contributed by atoms with E-state index in [-0.39, 0.29) is 5.92 Å². The first-order chi connectivity index (χ1) is 10.8. The summed E-state index contributed by atoms with van der Waals surface area (Å²) in [6, 6.07) is -3.03. The lowest BCUT2D eigenvalue weighted by Gasteiger charge is -2.24. The van der Waals surface area contributed by atoms with Gasteiger partial charge in [0.05, 0.1) is 12.6 Å². The highest BCUT2D eigenvalue weighted by Crippen LogP contribution is 2.07. The lowest BCUT2D eigenvalue weighted by atomic mass is 9.99. The second kappa shape index (κ2) is 11.3. The third kappa shape index (κ3) is 7.67. The van der Waals surface area contributed by atoms with Gasteiger partial charge >= 0.3 is 5.97 Å². The zero-order valence-corrected chi connectivity index (χ0v) is 14.6. The predicted molar refractivity (Wildman–Crippen MR) is 89.0 cm³/mol. The molecule has 0 aliphatic carbocycles. The van der Waals surface area contributed by atoms with Crippen molar-refractivity contribution in [1.29, 1.82) is 0 Å². The van der Waals surface area contributed by atoms with Crippen LogP contribution in [0.15, 0.2) is 0 Å². The Bertz CT molecular complexity index is 408. The molecule has 0 rings (SSSR count). The van der Waals surface area contributed by atoms with Crippen molar-refractivity contribution in [2.75, 3.05) is 18.6 Å². The zero-order chi connectivity index (χ0) is 18.0. The molecule has 4 atom stereocenters. The predicted octanol–water partition coefficient (Wildman–Crippen LogP) is -0.841. The van der Waals surface area contributed by atoms with E-state index in [2.05, 4.69) is 10.6 Å². The number of carboxylic acids is 1. The number of hydrogen-bond acceptors (Lipinski definition) is 6. The summed E-state index contributed by atoms with van der Waals surface area (Å²) >= 11 is 1.50. The summed E-state index contributed by atoms with van der Waals surface area (Å²) in [5, 5.41) is 22.6. The number of aliphatic hydroxyl groups excluding tert-OH is 1. The summed E-state index contributed by atoms with van der Waals surface area (Å²) in [6.07, 6.45) is 2.92. The summed E-state index contributed by atoms with van der Waals surface area (Å²) in [5.74, 6) is -1.87. The Kier molecular flexibility index (Phi) is 10.6. The SMILES string of the molecule is CCC(C)C(N)C(=O)NC(CCSC)C(=O)NC(CO)C(=O)O. The minimum absolute atomic E-state index is 0.0385. The largest absolute Gasteiger partial charge is 0.480 e. The number of rotatable bonds is 11. The van der Waals surface area contributed by atoms with Crippen molar-refractivity contribution >= 4 is 29.5 Å². The number of carbonyl (C=O) groups is 3. The van der Waals surface area contributed by atoms with E-state index in [4.69, 9.17) is 15.9 Å². The van der Waals surface area contributed by atoms with Crippen LogP contribution in [0.1, 0.15) is 26.7 Å². The number of carboxylic acid groups (broad SMARTS) is 1. The van der Waals surface area contributed by atoms with Gasteiger partial charge in [0.25, 0.3) is 0 Å². The molecule has 0 aliphatic rings. The summed E-state index contributed by atoms with van der Waals surface area (Å²) in [6.45, 7) is 3.03. The number of aliphatic carboxylic acids is 1. The molecule has 0 saturated carbocycles. The van der Waals surface area contributed by atoms with Gasteiger partial charge in [-0.25, -0.2) is 4.79 Å². The van der Waals surface area contributed by atoms with E-state index in [1.807, 2.05) is 20.1 Å². The van der Waals surface area contributed by atoms with Crippen LogP contribution in [0.2, 0.25) is 0 Å². The second-order valence-electron chi connectivity index (χ2n) is 5.34. The molecular weight excluding hydrogens is 322 g/mol. The number of amides is 2. The van der Waals surface area contributed by atoms with Gasteiger partial charge in [-0.1, -0.05) is 20.3 Å². The molecule has 0 heterocycles. The maximum Gasteiger partial charge on any atom is 0.328 e. The van der Waals surface area contributed by atoms with Crippen molar-refractivity contribution in [1.82, 2.24) is 10.6 Å². The van der Waals surface area contributed by atoms with Crippen molar-refractivity contribution in [2.45, 2.75) is 44.8 Å². The Morgan fingerprint density at radius 3 is 2.17 bits per heavy atom. The Morgan fingerprint density at radius 2 is 1.74 bits per heavy atom. The fourth-order valence-corrected chi connectivity index (χ4v) is 2.21. The molecule has 6 N–H and O–H groups in total. The van der Waals surface area contributed by atoms with Gasteiger partial charge in [0.1, 0.15) is 12.1 Å². The molecule has 0 saturated heterocycles. The highest BCUT2D eigenvalue weighted by molar-refractivity contribution is 7.98. The molecule has 8 nitrogen and oxygen atoms in total. The highest BCUT2D eigenvalue weighted by atomic mass is 32.2. The van der Waals surface area contributed by atoms with Gasteiger partial charge in [-0.05, 0) is 24.3 Å². The van der Waals surface area contributed by atoms with Crippen LogP contribution in [0.3, 0.4) is 0 Å². The smallest absolute Gasteiger partial charge is 0.328 e. The van der Waals surface area contributed by atoms with E-state index in [9.17, 15) is 14.4 Å². The third-order valence-corrected chi connectivity index (χ3v) is 4.24. The molecule has 0 aliphatic heterocycles. The maximum atomic E-state index is 12.2. The third-order valence-electron chi connectivity index (χ3n) is 3.60. The van der Waals surface area contributed by atoms with Gasteiger partial charge < -0.3 is 26.6 Å². The van der Waals surface area contributed by atoms with E-state index in [1.54, 1.807) is 0 Å². The van der Waals surface area contributed by atoms with Gasteiger partial charge in [-0.15, -0.1) is 0 Å². The fourth-order valence-electron chi connectivity index (χ4n) is 1.74. The van der Waals surface area contributed by atoms with E-state index in [0.29, 0.717) is 12.2 Å². The molecule has 4 unspecified atom stereocenters. The number of carbonyl (C=O) groups excluding carboxylic acids is 2. The van der Waals surface area contributed by atoms with Crippen LogP contribution >= 0.6 is 11.8 Å². The number of nitrogens with one attached hydrogen (secondary N) is 2. The van der Waals surface area contributed by atoms with Crippen LogP contribution in [0, 0.1) is 5.92 Å². The van der Waals surface area contributed by atoms with Crippen LogP contribution in [0.5, 0.6) is 0 Å². The van der Waals surface area contributed by atoms with Crippen LogP contribution in [-0.4, -0.2) is 64.7 Å². The maximum absolute atomic E-state index is 12.2. The first-order valence-corrected chi connectivity index (χ1v) is 8.86. The molecular formula is C14H27N3O5S. The van der Waals surface area contributed by atoms with Crippen molar-refractivity contribution in [2.24, 2.45) is 11.7 Å². The van der Waals surface area contributed by atoms with E-state index in [1.165, 1.54) is 11.8 Å². The molecule has 0 aromatic heterocycles. The van der Waals surface area contributed by atoms with Crippen LogP contribution in [-0.2, 0) is 14.4 Å². The summed E-state index contributed by atoms with van der Waals surface area (Å²) < 4.78 is 0. The molecule has 9 heteroatoms. The van der Waals surface area contributed by atoms with Crippen LogP contribution in [0.4, 0.5) is 0 Å².